The summed E-state index contributed by atoms with van der Waals surface area (Å²) in [6, 6.07) is -0.341. The van der Waals surface area contributed by atoms with Crippen LogP contribution in [-0.4, -0.2) is 67.6 Å². The largest absolute Gasteiger partial charge is 0.353 e. The molecule has 3 N–H and O–H groups in total. The number of likely N-dealkylation sites (N-methyl/N-ethyl adjacent to an activating group) is 1. The van der Waals surface area contributed by atoms with Gasteiger partial charge in [-0.2, -0.15) is 0 Å². The van der Waals surface area contributed by atoms with Crippen LogP contribution in [0.1, 0.15) is 26.7 Å². The van der Waals surface area contributed by atoms with Crippen molar-refractivity contribution >= 4 is 43.1 Å². The first-order valence-electron chi connectivity index (χ1n) is 7.15. The molecule has 0 aromatic carbocycles. The molecule has 5 nitrogen and oxygen atoms in total. The number of hydrogen-bond donors (Lipinski definition) is 2. The fourth-order valence-electron chi connectivity index (χ4n) is 2.24. The van der Waals surface area contributed by atoms with Crippen molar-refractivity contribution in [3.05, 3.63) is 0 Å². The number of nitrogens with zero attached hydrogens (tertiary/aromatic N) is 2. The summed E-state index contributed by atoms with van der Waals surface area (Å²) in [7, 11) is 0. The molecule has 1 unspecified atom stereocenters. The van der Waals surface area contributed by atoms with Gasteiger partial charge in [-0.05, 0) is 13.0 Å². The second kappa shape index (κ2) is 15.1. The van der Waals surface area contributed by atoms with E-state index < -0.39 is 0 Å². The number of amides is 1. The van der Waals surface area contributed by atoms with E-state index in [1.54, 1.807) is 0 Å². The Labute approximate surface area is 147 Å². The molecule has 1 aliphatic heterocycles. The zero-order valence-electron chi connectivity index (χ0n) is 13.0. The Bertz CT molecular complexity index is 252. The number of piperazine rings is 1. The van der Waals surface area contributed by atoms with E-state index in [4.69, 9.17) is 5.73 Å². The summed E-state index contributed by atoms with van der Waals surface area (Å²) in [6.45, 7) is 11.5. The third kappa shape index (κ3) is 10.6. The average Bonchev–Trinajstić information content (AvgIpc) is 2.39. The SMILES string of the molecule is CCCC(N)C(=O)NCCN1CCN(CC)CC1.Cl.Cl.Cl. The van der Waals surface area contributed by atoms with Crippen LogP contribution in [-0.2, 0) is 4.79 Å². The van der Waals surface area contributed by atoms with Gasteiger partial charge in [0, 0.05) is 39.3 Å². The lowest BCUT2D eigenvalue weighted by Crippen LogP contribution is -2.49. The van der Waals surface area contributed by atoms with E-state index in [-0.39, 0.29) is 49.2 Å². The highest BCUT2D eigenvalue weighted by molar-refractivity contribution is 5.86. The summed E-state index contributed by atoms with van der Waals surface area (Å²) in [5.41, 5.74) is 5.75. The zero-order valence-corrected chi connectivity index (χ0v) is 15.5. The monoisotopic (exact) mass is 364 g/mol. The molecular formula is C13H31Cl3N4O. The summed E-state index contributed by atoms with van der Waals surface area (Å²) in [5.74, 6) is -0.0101. The summed E-state index contributed by atoms with van der Waals surface area (Å²) < 4.78 is 0. The highest BCUT2D eigenvalue weighted by atomic mass is 35.5. The molecule has 0 aromatic heterocycles. The number of hydrogen-bond acceptors (Lipinski definition) is 4. The van der Waals surface area contributed by atoms with Crippen molar-refractivity contribution in [1.82, 2.24) is 15.1 Å². The molecule has 0 saturated carbocycles. The first-order chi connectivity index (χ1) is 8.67. The molecule has 130 valence electrons. The van der Waals surface area contributed by atoms with Crippen molar-refractivity contribution in [2.75, 3.05) is 45.8 Å². The summed E-state index contributed by atoms with van der Waals surface area (Å²) >= 11 is 0. The maximum Gasteiger partial charge on any atom is 0.236 e. The molecule has 1 amide bonds. The summed E-state index contributed by atoms with van der Waals surface area (Å²) in [5, 5.41) is 2.92. The van der Waals surface area contributed by atoms with Crippen LogP contribution in [0.25, 0.3) is 0 Å². The molecule has 1 rings (SSSR count). The molecule has 0 radical (unpaired) electrons. The normalized spacial score (nSPS) is 16.9. The zero-order chi connectivity index (χ0) is 13.4. The molecule has 1 heterocycles. The topological polar surface area (TPSA) is 61.6 Å². The number of rotatable bonds is 7. The van der Waals surface area contributed by atoms with Crippen LogP contribution in [0.2, 0.25) is 0 Å². The van der Waals surface area contributed by atoms with Crippen LogP contribution < -0.4 is 11.1 Å². The molecule has 0 aromatic rings. The minimum Gasteiger partial charge on any atom is -0.353 e. The lowest BCUT2D eigenvalue weighted by Gasteiger charge is -2.34. The Balaban J connectivity index is -0.00000108. The number of halogens is 3. The number of nitrogens with one attached hydrogen (secondary N) is 1. The van der Waals surface area contributed by atoms with Crippen LogP contribution in [0, 0.1) is 0 Å². The van der Waals surface area contributed by atoms with E-state index in [0.717, 1.165) is 52.1 Å². The van der Waals surface area contributed by atoms with Gasteiger partial charge < -0.3 is 16.0 Å². The summed E-state index contributed by atoms with van der Waals surface area (Å²) in [6.07, 6.45) is 1.72. The van der Waals surface area contributed by atoms with Crippen LogP contribution in [0.15, 0.2) is 0 Å². The van der Waals surface area contributed by atoms with E-state index in [1.165, 1.54) is 0 Å². The Morgan fingerprint density at radius 1 is 1.10 bits per heavy atom. The Hall–Kier alpha value is 0.220. The van der Waals surface area contributed by atoms with Crippen molar-refractivity contribution in [2.45, 2.75) is 32.7 Å². The summed E-state index contributed by atoms with van der Waals surface area (Å²) in [4.78, 5) is 16.5. The second-order valence-electron chi connectivity index (χ2n) is 4.96. The Morgan fingerprint density at radius 3 is 2.10 bits per heavy atom. The molecule has 0 spiro atoms. The van der Waals surface area contributed by atoms with Gasteiger partial charge in [0.2, 0.25) is 5.91 Å². The molecule has 1 atom stereocenters. The van der Waals surface area contributed by atoms with Gasteiger partial charge >= 0.3 is 0 Å². The molecule has 21 heavy (non-hydrogen) atoms. The average molecular weight is 366 g/mol. The van der Waals surface area contributed by atoms with E-state index in [9.17, 15) is 4.79 Å². The molecular weight excluding hydrogens is 335 g/mol. The highest BCUT2D eigenvalue weighted by Crippen LogP contribution is 2.00. The molecule has 1 saturated heterocycles. The van der Waals surface area contributed by atoms with Crippen molar-refractivity contribution < 1.29 is 4.79 Å². The standard InChI is InChI=1S/C13H28N4O.3ClH/c1-3-5-12(14)13(18)15-6-7-17-10-8-16(4-2)9-11-17;;;/h12H,3-11,14H2,1-2H3,(H,15,18);3*1H. The maximum atomic E-state index is 11.6. The second-order valence-corrected chi connectivity index (χ2v) is 4.96. The molecule has 0 bridgehead atoms. The minimum atomic E-state index is -0.341. The van der Waals surface area contributed by atoms with Gasteiger partial charge in [0.25, 0.3) is 0 Å². The lowest BCUT2D eigenvalue weighted by atomic mass is 10.2. The number of carbonyl (C=O) groups excluding carboxylic acids is 1. The fraction of sp³-hybridized carbons (Fsp3) is 0.923. The van der Waals surface area contributed by atoms with Crippen molar-refractivity contribution in [3.8, 4) is 0 Å². The van der Waals surface area contributed by atoms with E-state index in [1.807, 2.05) is 6.92 Å². The van der Waals surface area contributed by atoms with Crippen LogP contribution in [0.5, 0.6) is 0 Å². The predicted molar refractivity (Wildman–Crippen MR) is 96.2 cm³/mol. The smallest absolute Gasteiger partial charge is 0.236 e. The van der Waals surface area contributed by atoms with Gasteiger partial charge in [0.05, 0.1) is 6.04 Å². The third-order valence-electron chi connectivity index (χ3n) is 3.58. The molecule has 1 aliphatic rings. The van der Waals surface area contributed by atoms with Gasteiger partial charge in [-0.25, -0.2) is 0 Å². The van der Waals surface area contributed by atoms with Gasteiger partial charge in [0.15, 0.2) is 0 Å². The van der Waals surface area contributed by atoms with Gasteiger partial charge in [-0.3, -0.25) is 9.69 Å². The lowest BCUT2D eigenvalue weighted by molar-refractivity contribution is -0.122. The van der Waals surface area contributed by atoms with Gasteiger partial charge in [-0.1, -0.05) is 20.3 Å². The first-order valence-corrected chi connectivity index (χ1v) is 7.15. The van der Waals surface area contributed by atoms with Crippen molar-refractivity contribution in [2.24, 2.45) is 5.73 Å². The highest BCUT2D eigenvalue weighted by Gasteiger charge is 2.16. The Morgan fingerprint density at radius 2 is 1.62 bits per heavy atom. The third-order valence-corrected chi connectivity index (χ3v) is 3.58. The van der Waals surface area contributed by atoms with Crippen molar-refractivity contribution in [3.63, 3.8) is 0 Å². The van der Waals surface area contributed by atoms with E-state index in [2.05, 4.69) is 22.0 Å². The minimum absolute atomic E-state index is 0. The van der Waals surface area contributed by atoms with Gasteiger partial charge in [0.1, 0.15) is 0 Å². The van der Waals surface area contributed by atoms with Crippen LogP contribution in [0.3, 0.4) is 0 Å². The van der Waals surface area contributed by atoms with Gasteiger partial charge in [-0.15, -0.1) is 37.2 Å². The number of nitrogens with two attached hydrogens (primary N) is 1. The van der Waals surface area contributed by atoms with Crippen molar-refractivity contribution in [1.29, 1.82) is 0 Å². The predicted octanol–water partition coefficient (Wildman–Crippen LogP) is 1.13. The van der Waals surface area contributed by atoms with Crippen LogP contribution >= 0.6 is 37.2 Å². The van der Waals surface area contributed by atoms with E-state index in [0.29, 0.717) is 6.54 Å². The number of carbonyl (C=O) groups is 1. The molecule has 1 fully saturated rings. The molecule has 0 aliphatic carbocycles. The first kappa shape index (κ1) is 26.1. The maximum absolute atomic E-state index is 11.6. The van der Waals surface area contributed by atoms with Crippen LogP contribution in [0.4, 0.5) is 0 Å². The van der Waals surface area contributed by atoms with E-state index >= 15 is 0 Å². The quantitative estimate of drug-likeness (QED) is 0.710. The Kier molecular flexibility index (Phi) is 18.8. The fourth-order valence-corrected chi connectivity index (χ4v) is 2.24. The molecule has 8 heteroatoms.